The van der Waals surface area contributed by atoms with Crippen LogP contribution in [0.3, 0.4) is 0 Å². The fraction of sp³-hybridized carbons (Fsp3) is 0.588. The van der Waals surface area contributed by atoms with E-state index < -0.39 is 5.60 Å². The van der Waals surface area contributed by atoms with Crippen molar-refractivity contribution in [2.24, 2.45) is 0 Å². The largest absolute Gasteiger partial charge is 0.389 e. The van der Waals surface area contributed by atoms with E-state index in [0.717, 1.165) is 36.2 Å². The Morgan fingerprint density at radius 3 is 2.79 bits per heavy atom. The molecule has 0 aromatic carbocycles. The van der Waals surface area contributed by atoms with Crippen molar-refractivity contribution in [1.82, 2.24) is 19.9 Å². The molecule has 3 rings (SSSR count). The van der Waals surface area contributed by atoms with Gasteiger partial charge in [-0.25, -0.2) is 9.50 Å². The zero-order chi connectivity index (χ0) is 17.3. The van der Waals surface area contributed by atoms with Gasteiger partial charge in [0.05, 0.1) is 12.0 Å². The molecular formula is C17H24N4O3. The van der Waals surface area contributed by atoms with E-state index in [1.54, 1.807) is 4.52 Å². The maximum atomic E-state index is 12.2. The Morgan fingerprint density at radius 1 is 1.38 bits per heavy atom. The standard InChI is InChI=1S/C17H24N4O3/c1-11-13(12(2)21-14(19-11)8-15(22)20-21)10-18-16(23)9-17(24)6-4-3-5-7-17/h8,24H,3-7,9-10H2,1-2H3,(H,18,23)(H,20,22). The molecule has 0 saturated heterocycles. The van der Waals surface area contributed by atoms with Gasteiger partial charge in [-0.1, -0.05) is 19.3 Å². The van der Waals surface area contributed by atoms with Crippen LogP contribution in [-0.2, 0) is 11.3 Å². The minimum absolute atomic E-state index is 0.140. The lowest BCUT2D eigenvalue weighted by atomic mass is 9.82. The predicted molar refractivity (Wildman–Crippen MR) is 89.8 cm³/mol. The summed E-state index contributed by atoms with van der Waals surface area (Å²) in [5, 5.41) is 16.1. The summed E-state index contributed by atoms with van der Waals surface area (Å²) in [6.07, 6.45) is 4.60. The molecule has 2 heterocycles. The van der Waals surface area contributed by atoms with E-state index in [9.17, 15) is 14.7 Å². The lowest BCUT2D eigenvalue weighted by Gasteiger charge is -2.31. The van der Waals surface area contributed by atoms with Gasteiger partial charge in [-0.3, -0.25) is 14.7 Å². The van der Waals surface area contributed by atoms with E-state index in [0.29, 0.717) is 25.0 Å². The molecule has 3 N–H and O–H groups in total. The first-order valence-corrected chi connectivity index (χ1v) is 8.45. The van der Waals surface area contributed by atoms with Gasteiger partial charge in [0.15, 0.2) is 5.65 Å². The van der Waals surface area contributed by atoms with Gasteiger partial charge < -0.3 is 10.4 Å². The number of hydrogen-bond acceptors (Lipinski definition) is 4. The molecule has 1 amide bonds. The summed E-state index contributed by atoms with van der Waals surface area (Å²) in [7, 11) is 0. The lowest BCUT2D eigenvalue weighted by Crippen LogP contribution is -2.38. The third-order valence-corrected chi connectivity index (χ3v) is 4.94. The van der Waals surface area contributed by atoms with Gasteiger partial charge in [-0.2, -0.15) is 0 Å². The van der Waals surface area contributed by atoms with E-state index in [1.165, 1.54) is 6.07 Å². The van der Waals surface area contributed by atoms with Gasteiger partial charge in [-0.05, 0) is 26.7 Å². The van der Waals surface area contributed by atoms with Crippen molar-refractivity contribution in [3.05, 3.63) is 33.4 Å². The average molecular weight is 332 g/mol. The fourth-order valence-corrected chi connectivity index (χ4v) is 3.55. The average Bonchev–Trinajstić information content (AvgIpc) is 2.87. The quantitative estimate of drug-likeness (QED) is 0.787. The monoisotopic (exact) mass is 332 g/mol. The Kier molecular flexibility index (Phi) is 4.45. The molecule has 130 valence electrons. The van der Waals surface area contributed by atoms with Crippen molar-refractivity contribution < 1.29 is 9.90 Å². The fourth-order valence-electron chi connectivity index (χ4n) is 3.55. The number of nitrogens with zero attached hydrogens (tertiary/aromatic N) is 2. The number of hydrogen-bond donors (Lipinski definition) is 3. The Balaban J connectivity index is 1.71. The number of aliphatic hydroxyl groups is 1. The van der Waals surface area contributed by atoms with Crippen molar-refractivity contribution in [2.75, 3.05) is 0 Å². The summed E-state index contributed by atoms with van der Waals surface area (Å²) in [5.41, 5.74) is 2.01. The number of carbonyl (C=O) groups is 1. The molecular weight excluding hydrogens is 308 g/mol. The zero-order valence-electron chi connectivity index (χ0n) is 14.2. The molecule has 0 aliphatic heterocycles. The molecule has 1 fully saturated rings. The van der Waals surface area contributed by atoms with Gasteiger partial charge in [0, 0.05) is 29.6 Å². The van der Waals surface area contributed by atoms with Gasteiger partial charge >= 0.3 is 0 Å². The maximum absolute atomic E-state index is 12.2. The summed E-state index contributed by atoms with van der Waals surface area (Å²) in [6.45, 7) is 4.07. The smallest absolute Gasteiger partial charge is 0.266 e. The Labute approximate surface area is 140 Å². The topological polar surface area (TPSA) is 99.5 Å². The number of rotatable bonds is 4. The predicted octanol–water partition coefficient (Wildman–Crippen LogP) is 1.34. The molecule has 2 aromatic heterocycles. The van der Waals surface area contributed by atoms with E-state index in [1.807, 2.05) is 13.8 Å². The third kappa shape index (κ3) is 3.36. The van der Waals surface area contributed by atoms with Crippen molar-refractivity contribution in [3.63, 3.8) is 0 Å². The van der Waals surface area contributed by atoms with E-state index in [-0.39, 0.29) is 17.9 Å². The first kappa shape index (κ1) is 16.7. The van der Waals surface area contributed by atoms with Gasteiger partial charge in [0.25, 0.3) is 5.56 Å². The molecule has 7 nitrogen and oxygen atoms in total. The highest BCUT2D eigenvalue weighted by Crippen LogP contribution is 2.30. The number of aromatic nitrogens is 3. The molecule has 2 aromatic rings. The number of fused-ring (bicyclic) bond motifs is 1. The molecule has 24 heavy (non-hydrogen) atoms. The second-order valence-electron chi connectivity index (χ2n) is 6.81. The normalized spacial score (nSPS) is 17.1. The summed E-state index contributed by atoms with van der Waals surface area (Å²) in [5.74, 6) is -0.153. The van der Waals surface area contributed by atoms with E-state index >= 15 is 0 Å². The van der Waals surface area contributed by atoms with Crippen LogP contribution in [0.2, 0.25) is 0 Å². The maximum Gasteiger partial charge on any atom is 0.266 e. The van der Waals surface area contributed by atoms with Crippen molar-refractivity contribution in [3.8, 4) is 0 Å². The molecule has 0 bridgehead atoms. The molecule has 1 aliphatic rings. The third-order valence-electron chi connectivity index (χ3n) is 4.94. The number of amides is 1. The van der Waals surface area contributed by atoms with Crippen LogP contribution in [0.15, 0.2) is 10.9 Å². The number of nitrogens with one attached hydrogen (secondary N) is 2. The summed E-state index contributed by atoms with van der Waals surface area (Å²) < 4.78 is 1.63. The van der Waals surface area contributed by atoms with Crippen LogP contribution in [0.4, 0.5) is 0 Å². The van der Waals surface area contributed by atoms with Crippen LogP contribution < -0.4 is 10.9 Å². The highest BCUT2D eigenvalue weighted by atomic mass is 16.3. The van der Waals surface area contributed by atoms with Gasteiger partial charge in [0.1, 0.15) is 0 Å². The molecule has 0 unspecified atom stereocenters. The van der Waals surface area contributed by atoms with Gasteiger partial charge in [-0.15, -0.1) is 0 Å². The number of aromatic amines is 1. The first-order chi connectivity index (χ1) is 11.4. The Hall–Kier alpha value is -2.15. The highest BCUT2D eigenvalue weighted by molar-refractivity contribution is 5.77. The van der Waals surface area contributed by atoms with Crippen molar-refractivity contribution in [2.45, 2.75) is 64.5 Å². The molecule has 1 aliphatic carbocycles. The van der Waals surface area contributed by atoms with Crippen LogP contribution in [0.5, 0.6) is 0 Å². The van der Waals surface area contributed by atoms with Crippen LogP contribution in [0.25, 0.3) is 5.65 Å². The molecule has 7 heteroatoms. The number of H-pyrrole nitrogens is 1. The van der Waals surface area contributed by atoms with Crippen molar-refractivity contribution >= 4 is 11.6 Å². The minimum Gasteiger partial charge on any atom is -0.389 e. The highest BCUT2D eigenvalue weighted by Gasteiger charge is 2.31. The zero-order valence-corrected chi connectivity index (χ0v) is 14.2. The van der Waals surface area contributed by atoms with Crippen LogP contribution in [-0.4, -0.2) is 31.2 Å². The van der Waals surface area contributed by atoms with E-state index in [2.05, 4.69) is 15.4 Å². The molecule has 1 saturated carbocycles. The lowest BCUT2D eigenvalue weighted by molar-refractivity contribution is -0.127. The molecule has 0 radical (unpaired) electrons. The second-order valence-corrected chi connectivity index (χ2v) is 6.81. The Bertz CT molecular complexity index is 815. The number of carbonyl (C=O) groups excluding carboxylic acids is 1. The first-order valence-electron chi connectivity index (χ1n) is 8.45. The summed E-state index contributed by atoms with van der Waals surface area (Å²) in [4.78, 5) is 28.1. The van der Waals surface area contributed by atoms with Gasteiger partial charge in [0.2, 0.25) is 5.91 Å². The minimum atomic E-state index is -0.861. The van der Waals surface area contributed by atoms with Crippen molar-refractivity contribution in [1.29, 1.82) is 0 Å². The molecule has 0 spiro atoms. The SMILES string of the molecule is Cc1nc2cc(=O)[nH]n2c(C)c1CNC(=O)CC1(O)CCCCC1. The number of aryl methyl sites for hydroxylation is 2. The van der Waals surface area contributed by atoms with E-state index in [4.69, 9.17) is 0 Å². The summed E-state index contributed by atoms with van der Waals surface area (Å²) >= 11 is 0. The van der Waals surface area contributed by atoms with Crippen LogP contribution in [0.1, 0.15) is 55.5 Å². The Morgan fingerprint density at radius 2 is 2.08 bits per heavy atom. The van der Waals surface area contributed by atoms with Crippen LogP contribution >= 0.6 is 0 Å². The molecule has 0 atom stereocenters. The van der Waals surface area contributed by atoms with Crippen LogP contribution in [0, 0.1) is 13.8 Å². The second kappa shape index (κ2) is 6.39. The summed E-state index contributed by atoms with van der Waals surface area (Å²) in [6, 6.07) is 1.45.